The first kappa shape index (κ1) is 19.8. The van der Waals surface area contributed by atoms with Gasteiger partial charge in [-0.1, -0.05) is 54.6 Å². The fraction of sp³-hybridized carbons (Fsp3) is 0.167. The molecule has 0 aromatic heterocycles. The minimum Gasteiger partial charge on any atom is -0.322 e. The number of carbonyl (C=O) groups is 2. The van der Waals surface area contributed by atoms with E-state index >= 15 is 0 Å². The highest BCUT2D eigenvalue weighted by Crippen LogP contribution is 2.43. The molecule has 3 aromatic rings. The summed E-state index contributed by atoms with van der Waals surface area (Å²) in [6, 6.07) is 24.0. The minimum absolute atomic E-state index is 0.0615. The predicted octanol–water partition coefficient (Wildman–Crippen LogP) is 6.04. The van der Waals surface area contributed by atoms with Gasteiger partial charge in [-0.25, -0.2) is 0 Å². The summed E-state index contributed by atoms with van der Waals surface area (Å²) in [4.78, 5) is 25.3. The molecule has 146 valence electrons. The molecule has 1 heterocycles. The SMILES string of the molecule is O=C(Nc1cccc(C(=O)c2ccccc2)c1)c1ccc(C2SCCCS2)cc1. The third-order valence-electron chi connectivity index (χ3n) is 4.69. The summed E-state index contributed by atoms with van der Waals surface area (Å²) in [6.07, 6.45) is 1.26. The van der Waals surface area contributed by atoms with Crippen LogP contribution >= 0.6 is 23.5 Å². The smallest absolute Gasteiger partial charge is 0.255 e. The maximum atomic E-state index is 12.6. The number of nitrogens with one attached hydrogen (secondary N) is 1. The molecule has 1 amide bonds. The van der Waals surface area contributed by atoms with Gasteiger partial charge in [0.2, 0.25) is 0 Å². The van der Waals surface area contributed by atoms with Crippen molar-refractivity contribution in [3.8, 4) is 0 Å². The molecule has 0 unspecified atom stereocenters. The summed E-state index contributed by atoms with van der Waals surface area (Å²) in [6.45, 7) is 0. The average Bonchev–Trinajstić information content (AvgIpc) is 2.80. The summed E-state index contributed by atoms with van der Waals surface area (Å²) < 4.78 is 0.460. The fourth-order valence-corrected chi connectivity index (χ4v) is 6.06. The number of hydrogen-bond donors (Lipinski definition) is 1. The lowest BCUT2D eigenvalue weighted by molar-refractivity contribution is 0.102. The van der Waals surface area contributed by atoms with E-state index in [9.17, 15) is 9.59 Å². The Hall–Kier alpha value is -2.50. The molecule has 29 heavy (non-hydrogen) atoms. The van der Waals surface area contributed by atoms with E-state index in [4.69, 9.17) is 0 Å². The van der Waals surface area contributed by atoms with Gasteiger partial charge in [-0.05, 0) is 47.8 Å². The van der Waals surface area contributed by atoms with Crippen LogP contribution in [0.4, 0.5) is 5.69 Å². The Morgan fingerprint density at radius 3 is 2.17 bits per heavy atom. The Kier molecular flexibility index (Phi) is 6.37. The van der Waals surface area contributed by atoms with Crippen molar-refractivity contribution in [1.82, 2.24) is 0 Å². The van der Waals surface area contributed by atoms with Gasteiger partial charge in [-0.3, -0.25) is 9.59 Å². The van der Waals surface area contributed by atoms with Crippen molar-refractivity contribution < 1.29 is 9.59 Å². The van der Waals surface area contributed by atoms with E-state index in [1.165, 1.54) is 23.5 Å². The molecule has 0 radical (unpaired) electrons. The molecule has 1 aliphatic heterocycles. The average molecular weight is 420 g/mol. The van der Waals surface area contributed by atoms with Gasteiger partial charge in [0.15, 0.2) is 5.78 Å². The predicted molar refractivity (Wildman–Crippen MR) is 123 cm³/mol. The van der Waals surface area contributed by atoms with Crippen LogP contribution in [-0.4, -0.2) is 23.2 Å². The topological polar surface area (TPSA) is 46.2 Å². The summed E-state index contributed by atoms with van der Waals surface area (Å²) >= 11 is 3.93. The minimum atomic E-state index is -0.176. The molecule has 5 heteroatoms. The van der Waals surface area contributed by atoms with E-state index in [1.54, 1.807) is 36.4 Å². The first-order chi connectivity index (χ1) is 14.2. The zero-order valence-corrected chi connectivity index (χ0v) is 17.5. The van der Waals surface area contributed by atoms with Gasteiger partial charge in [0.1, 0.15) is 0 Å². The largest absolute Gasteiger partial charge is 0.322 e. The summed E-state index contributed by atoms with van der Waals surface area (Å²) in [5.74, 6) is 2.15. The van der Waals surface area contributed by atoms with Crippen LogP contribution in [-0.2, 0) is 0 Å². The van der Waals surface area contributed by atoms with Crippen LogP contribution in [0.1, 0.15) is 42.8 Å². The van der Waals surface area contributed by atoms with Gasteiger partial charge >= 0.3 is 0 Å². The standard InChI is InChI=1S/C24H21NO2S2/c26-22(17-6-2-1-3-7-17)20-8-4-9-21(16-20)25-23(27)18-10-12-19(13-11-18)24-28-14-5-15-29-24/h1-4,6-13,16,24H,5,14-15H2,(H,25,27). The van der Waals surface area contributed by atoms with Gasteiger partial charge in [-0.15, -0.1) is 23.5 Å². The number of amides is 1. The quantitative estimate of drug-likeness (QED) is 0.512. The van der Waals surface area contributed by atoms with E-state index in [2.05, 4.69) is 5.32 Å². The van der Waals surface area contributed by atoms with Crippen molar-refractivity contribution >= 4 is 40.9 Å². The van der Waals surface area contributed by atoms with E-state index in [-0.39, 0.29) is 11.7 Å². The maximum Gasteiger partial charge on any atom is 0.255 e. The molecule has 1 fully saturated rings. The number of carbonyl (C=O) groups excluding carboxylic acids is 2. The molecule has 3 aromatic carbocycles. The van der Waals surface area contributed by atoms with Crippen LogP contribution in [0.25, 0.3) is 0 Å². The van der Waals surface area contributed by atoms with Crippen LogP contribution in [0.2, 0.25) is 0 Å². The first-order valence-electron chi connectivity index (χ1n) is 9.55. The molecule has 3 nitrogen and oxygen atoms in total. The molecule has 0 spiro atoms. The molecular weight excluding hydrogens is 398 g/mol. The molecule has 1 N–H and O–H groups in total. The Labute approximate surface area is 179 Å². The van der Waals surface area contributed by atoms with Crippen molar-refractivity contribution in [3.05, 3.63) is 101 Å². The molecule has 0 aliphatic carbocycles. The molecular formula is C24H21NO2S2. The van der Waals surface area contributed by atoms with Crippen LogP contribution in [0, 0.1) is 0 Å². The highest BCUT2D eigenvalue weighted by atomic mass is 32.2. The Morgan fingerprint density at radius 2 is 1.45 bits per heavy atom. The lowest BCUT2D eigenvalue weighted by Crippen LogP contribution is -2.12. The number of rotatable bonds is 5. The second-order valence-electron chi connectivity index (χ2n) is 6.78. The molecule has 1 aliphatic rings. The molecule has 4 rings (SSSR count). The Bertz CT molecular complexity index is 997. The highest BCUT2D eigenvalue weighted by molar-refractivity contribution is 8.16. The zero-order chi connectivity index (χ0) is 20.1. The molecule has 1 saturated heterocycles. The van der Waals surface area contributed by atoms with Gasteiger partial charge in [-0.2, -0.15) is 0 Å². The highest BCUT2D eigenvalue weighted by Gasteiger charge is 2.17. The number of thioether (sulfide) groups is 2. The van der Waals surface area contributed by atoms with E-state index in [0.29, 0.717) is 27.0 Å². The van der Waals surface area contributed by atoms with E-state index in [0.717, 1.165) is 0 Å². The van der Waals surface area contributed by atoms with Crippen molar-refractivity contribution in [3.63, 3.8) is 0 Å². The molecule has 0 atom stereocenters. The number of ketones is 1. The van der Waals surface area contributed by atoms with Crippen molar-refractivity contribution in [2.75, 3.05) is 16.8 Å². The zero-order valence-electron chi connectivity index (χ0n) is 15.8. The third kappa shape index (κ3) is 4.92. The third-order valence-corrected chi connectivity index (χ3v) is 7.71. The number of anilines is 1. The van der Waals surface area contributed by atoms with E-state index in [1.807, 2.05) is 66.0 Å². The van der Waals surface area contributed by atoms with Crippen molar-refractivity contribution in [2.24, 2.45) is 0 Å². The van der Waals surface area contributed by atoms with Crippen LogP contribution in [0.15, 0.2) is 78.9 Å². The Morgan fingerprint density at radius 1 is 0.759 bits per heavy atom. The fourth-order valence-electron chi connectivity index (χ4n) is 3.17. The lowest BCUT2D eigenvalue weighted by Gasteiger charge is -2.21. The van der Waals surface area contributed by atoms with E-state index < -0.39 is 0 Å². The van der Waals surface area contributed by atoms with Gasteiger partial charge in [0, 0.05) is 22.4 Å². The second-order valence-corrected chi connectivity index (χ2v) is 9.50. The van der Waals surface area contributed by atoms with Gasteiger partial charge in [0.25, 0.3) is 5.91 Å². The number of benzene rings is 3. The van der Waals surface area contributed by atoms with Crippen molar-refractivity contribution in [2.45, 2.75) is 11.0 Å². The summed E-state index contributed by atoms with van der Waals surface area (Å²) in [7, 11) is 0. The first-order valence-corrected chi connectivity index (χ1v) is 11.6. The Balaban J connectivity index is 1.45. The second kappa shape index (κ2) is 9.33. The maximum absolute atomic E-state index is 12.6. The lowest BCUT2D eigenvalue weighted by atomic mass is 10.0. The summed E-state index contributed by atoms with van der Waals surface area (Å²) in [5, 5.41) is 2.90. The molecule has 0 bridgehead atoms. The van der Waals surface area contributed by atoms with Gasteiger partial charge < -0.3 is 5.32 Å². The van der Waals surface area contributed by atoms with Gasteiger partial charge in [0.05, 0.1) is 4.58 Å². The molecule has 0 saturated carbocycles. The monoisotopic (exact) mass is 419 g/mol. The normalized spacial score (nSPS) is 14.3. The van der Waals surface area contributed by atoms with Crippen LogP contribution < -0.4 is 5.32 Å². The summed E-state index contributed by atoms with van der Waals surface area (Å²) in [5.41, 5.74) is 3.66. The van der Waals surface area contributed by atoms with Crippen molar-refractivity contribution in [1.29, 1.82) is 0 Å². The number of hydrogen-bond acceptors (Lipinski definition) is 4. The van der Waals surface area contributed by atoms with Crippen LogP contribution in [0.5, 0.6) is 0 Å². The van der Waals surface area contributed by atoms with Crippen LogP contribution in [0.3, 0.4) is 0 Å².